The van der Waals surface area contributed by atoms with Crippen molar-refractivity contribution in [3.63, 3.8) is 0 Å². The summed E-state index contributed by atoms with van der Waals surface area (Å²) in [4.78, 5) is 5.70. The number of rotatable bonds is 12. The zero-order valence-electron chi connectivity index (χ0n) is 23.3. The highest BCUT2D eigenvalue weighted by atomic mass is 32.1. The lowest BCUT2D eigenvalue weighted by Crippen LogP contribution is -2.41. The van der Waals surface area contributed by atoms with E-state index in [4.69, 9.17) is 31.2 Å². The normalized spacial score (nSPS) is 10.8. The van der Waals surface area contributed by atoms with Gasteiger partial charge < -0.3 is 34.1 Å². The van der Waals surface area contributed by atoms with Crippen LogP contribution in [0.15, 0.2) is 60.7 Å². The Kier molecular flexibility index (Phi) is 9.54. The summed E-state index contributed by atoms with van der Waals surface area (Å²) in [7, 11) is 6.56. The number of H-pyrrole nitrogens is 1. The molecule has 0 radical (unpaired) electrons. The molecule has 7 nitrogen and oxygen atoms in total. The first-order valence-electron chi connectivity index (χ1n) is 13.0. The van der Waals surface area contributed by atoms with Gasteiger partial charge >= 0.3 is 0 Å². The highest BCUT2D eigenvalue weighted by Crippen LogP contribution is 2.38. The molecule has 4 rings (SSSR count). The van der Waals surface area contributed by atoms with Crippen molar-refractivity contribution in [2.75, 3.05) is 41.5 Å². The predicted octanol–water partition coefficient (Wildman–Crippen LogP) is 5.67. The molecule has 0 unspecified atom stereocenters. The number of aromatic nitrogens is 1. The van der Waals surface area contributed by atoms with E-state index in [0.717, 1.165) is 48.5 Å². The van der Waals surface area contributed by atoms with Gasteiger partial charge in [0.15, 0.2) is 16.6 Å². The third-order valence-corrected chi connectivity index (χ3v) is 7.28. The Balaban J connectivity index is 1.57. The van der Waals surface area contributed by atoms with E-state index in [2.05, 4.69) is 58.5 Å². The number of hydrogen-bond donors (Lipinski definition) is 2. The number of aryl methyl sites for hydroxylation is 1. The fourth-order valence-corrected chi connectivity index (χ4v) is 5.09. The largest absolute Gasteiger partial charge is 0.497 e. The van der Waals surface area contributed by atoms with Crippen LogP contribution in [-0.4, -0.2) is 56.5 Å². The molecule has 0 aliphatic heterocycles. The number of aromatic amines is 1. The van der Waals surface area contributed by atoms with E-state index in [1.807, 2.05) is 24.3 Å². The maximum Gasteiger partial charge on any atom is 0.203 e. The van der Waals surface area contributed by atoms with Crippen LogP contribution in [0.2, 0.25) is 0 Å². The quantitative estimate of drug-likeness (QED) is 0.222. The molecule has 206 valence electrons. The van der Waals surface area contributed by atoms with E-state index in [1.165, 1.54) is 16.5 Å². The van der Waals surface area contributed by atoms with Crippen LogP contribution >= 0.6 is 12.2 Å². The molecule has 1 aromatic heterocycles. The van der Waals surface area contributed by atoms with Crippen molar-refractivity contribution in [3.05, 3.63) is 83.0 Å². The standard InChI is InChI=1S/C31H37N3O4S/c1-21-25(26-19-24(35-2)11-12-27(26)33-21)14-16-34(31(39)32-15-13-22-9-7-6-8-10-22)20-23-17-28(36-3)30(38-5)29(18-23)37-4/h6-12,17-19,33H,13-16,20H2,1-5H3,(H,32,39). The molecule has 0 amide bonds. The van der Waals surface area contributed by atoms with E-state index in [0.29, 0.717) is 28.9 Å². The van der Waals surface area contributed by atoms with Gasteiger partial charge in [-0.25, -0.2) is 0 Å². The molecule has 2 N–H and O–H groups in total. The van der Waals surface area contributed by atoms with Gasteiger partial charge in [-0.2, -0.15) is 0 Å². The van der Waals surface area contributed by atoms with Crippen LogP contribution in [0.4, 0.5) is 0 Å². The second-order valence-electron chi connectivity index (χ2n) is 9.31. The van der Waals surface area contributed by atoms with Crippen molar-refractivity contribution in [3.8, 4) is 23.0 Å². The zero-order chi connectivity index (χ0) is 27.8. The molecule has 0 spiro atoms. The number of hydrogen-bond acceptors (Lipinski definition) is 5. The lowest BCUT2D eigenvalue weighted by molar-refractivity contribution is 0.322. The van der Waals surface area contributed by atoms with E-state index >= 15 is 0 Å². The minimum absolute atomic E-state index is 0.572. The number of ether oxygens (including phenoxy) is 4. The molecular formula is C31H37N3O4S. The highest BCUT2D eigenvalue weighted by molar-refractivity contribution is 7.80. The van der Waals surface area contributed by atoms with Gasteiger partial charge in [0.25, 0.3) is 0 Å². The third kappa shape index (κ3) is 6.75. The first-order chi connectivity index (χ1) is 19.0. The van der Waals surface area contributed by atoms with Gasteiger partial charge in [0, 0.05) is 36.2 Å². The SMILES string of the molecule is COc1ccc2[nH]c(C)c(CCN(Cc3cc(OC)c(OC)c(OC)c3)C(=S)NCCc3ccccc3)c2c1. The molecule has 0 aliphatic carbocycles. The second kappa shape index (κ2) is 13.2. The van der Waals surface area contributed by atoms with Crippen LogP contribution in [0, 0.1) is 6.92 Å². The lowest BCUT2D eigenvalue weighted by Gasteiger charge is -2.27. The van der Waals surface area contributed by atoms with Crippen LogP contribution < -0.4 is 24.3 Å². The molecule has 0 saturated heterocycles. The highest BCUT2D eigenvalue weighted by Gasteiger charge is 2.18. The molecule has 3 aromatic carbocycles. The number of nitrogens with zero attached hydrogens (tertiary/aromatic N) is 1. The summed E-state index contributed by atoms with van der Waals surface area (Å²) in [5.41, 5.74) is 5.78. The summed E-state index contributed by atoms with van der Waals surface area (Å²) in [5, 5.41) is 5.35. The lowest BCUT2D eigenvalue weighted by atomic mass is 10.1. The monoisotopic (exact) mass is 547 g/mol. The summed E-state index contributed by atoms with van der Waals surface area (Å²) in [5.74, 6) is 2.65. The summed E-state index contributed by atoms with van der Waals surface area (Å²) in [6.07, 6.45) is 1.70. The van der Waals surface area contributed by atoms with Crippen LogP contribution in [0.25, 0.3) is 10.9 Å². The van der Waals surface area contributed by atoms with E-state index in [-0.39, 0.29) is 0 Å². The second-order valence-corrected chi connectivity index (χ2v) is 9.70. The van der Waals surface area contributed by atoms with Crippen LogP contribution in [0.1, 0.15) is 22.4 Å². The van der Waals surface area contributed by atoms with E-state index in [9.17, 15) is 0 Å². The average molecular weight is 548 g/mol. The molecule has 0 atom stereocenters. The third-order valence-electron chi connectivity index (χ3n) is 6.88. The van der Waals surface area contributed by atoms with Crippen molar-refractivity contribution in [2.24, 2.45) is 0 Å². The molecule has 39 heavy (non-hydrogen) atoms. The Morgan fingerprint density at radius 3 is 2.21 bits per heavy atom. The van der Waals surface area contributed by atoms with Gasteiger partial charge in [0.1, 0.15) is 5.75 Å². The first kappa shape index (κ1) is 28.1. The Labute approximate surface area is 236 Å². The first-order valence-corrected chi connectivity index (χ1v) is 13.4. The predicted molar refractivity (Wildman–Crippen MR) is 161 cm³/mol. The summed E-state index contributed by atoms with van der Waals surface area (Å²) in [6, 6.07) is 20.5. The molecule has 0 fully saturated rings. The maximum absolute atomic E-state index is 5.92. The van der Waals surface area contributed by atoms with Crippen LogP contribution in [-0.2, 0) is 19.4 Å². The zero-order valence-corrected chi connectivity index (χ0v) is 24.1. The molecular weight excluding hydrogens is 510 g/mol. The van der Waals surface area contributed by atoms with Crippen molar-refractivity contribution in [1.29, 1.82) is 0 Å². The number of thiocarbonyl (C=S) groups is 1. The Morgan fingerprint density at radius 2 is 1.56 bits per heavy atom. The Morgan fingerprint density at radius 1 is 0.846 bits per heavy atom. The number of nitrogens with one attached hydrogen (secondary N) is 2. The number of fused-ring (bicyclic) bond motifs is 1. The van der Waals surface area contributed by atoms with E-state index < -0.39 is 0 Å². The van der Waals surface area contributed by atoms with Gasteiger partial charge in [-0.05, 0) is 79.0 Å². The minimum Gasteiger partial charge on any atom is -0.497 e. The van der Waals surface area contributed by atoms with E-state index in [1.54, 1.807) is 28.4 Å². The maximum atomic E-state index is 5.92. The van der Waals surface area contributed by atoms with Gasteiger partial charge in [0.2, 0.25) is 5.75 Å². The molecule has 0 saturated carbocycles. The molecule has 0 bridgehead atoms. The van der Waals surface area contributed by atoms with Crippen molar-refractivity contribution in [1.82, 2.24) is 15.2 Å². The van der Waals surface area contributed by atoms with Gasteiger partial charge in [0.05, 0.1) is 28.4 Å². The smallest absolute Gasteiger partial charge is 0.203 e. The average Bonchev–Trinajstić information content (AvgIpc) is 3.28. The van der Waals surface area contributed by atoms with Crippen molar-refractivity contribution in [2.45, 2.75) is 26.3 Å². The fourth-order valence-electron chi connectivity index (χ4n) is 4.83. The molecule has 1 heterocycles. The van der Waals surface area contributed by atoms with Gasteiger partial charge in [-0.15, -0.1) is 0 Å². The number of methoxy groups -OCH3 is 4. The molecule has 8 heteroatoms. The summed E-state index contributed by atoms with van der Waals surface area (Å²) >= 11 is 5.92. The van der Waals surface area contributed by atoms with Crippen LogP contribution in [0.3, 0.4) is 0 Å². The molecule has 4 aromatic rings. The fraction of sp³-hybridized carbons (Fsp3) is 0.323. The van der Waals surface area contributed by atoms with Crippen molar-refractivity contribution >= 4 is 28.2 Å². The number of benzene rings is 3. The van der Waals surface area contributed by atoms with Gasteiger partial charge in [-0.1, -0.05) is 30.3 Å². The van der Waals surface area contributed by atoms with Crippen LogP contribution in [0.5, 0.6) is 23.0 Å². The van der Waals surface area contributed by atoms with Gasteiger partial charge in [-0.3, -0.25) is 0 Å². The topological polar surface area (TPSA) is 68.0 Å². The summed E-state index contributed by atoms with van der Waals surface area (Å²) in [6.45, 7) is 4.16. The summed E-state index contributed by atoms with van der Waals surface area (Å²) < 4.78 is 22.2. The Bertz CT molecular complexity index is 1380. The minimum atomic E-state index is 0.572. The Hall–Kier alpha value is -3.91. The molecule has 0 aliphatic rings. The van der Waals surface area contributed by atoms with Crippen molar-refractivity contribution < 1.29 is 18.9 Å².